The number of fused-ring (bicyclic) bond motifs is 1. The highest BCUT2D eigenvalue weighted by Crippen LogP contribution is 2.34. The molecule has 0 radical (unpaired) electrons. The predicted octanol–water partition coefficient (Wildman–Crippen LogP) is 6.34. The molecule has 0 amide bonds. The Kier molecular flexibility index (Phi) is 7.64. The summed E-state index contributed by atoms with van der Waals surface area (Å²) in [7, 11) is 0. The number of aromatic nitrogens is 2. The molecule has 0 bridgehead atoms. The maximum Gasteiger partial charge on any atom is 0.282 e. The molecule has 36 heavy (non-hydrogen) atoms. The molecule has 3 aromatic carbocycles. The Labute approximate surface area is 211 Å². The van der Waals surface area contributed by atoms with E-state index >= 15 is 0 Å². The second-order valence-corrected chi connectivity index (χ2v) is 8.78. The summed E-state index contributed by atoms with van der Waals surface area (Å²) in [6, 6.07) is 18.9. The predicted molar refractivity (Wildman–Crippen MR) is 147 cm³/mol. The van der Waals surface area contributed by atoms with Crippen LogP contribution in [-0.2, 0) is 0 Å². The van der Waals surface area contributed by atoms with Gasteiger partial charge in [0.15, 0.2) is 5.82 Å². The summed E-state index contributed by atoms with van der Waals surface area (Å²) in [6.45, 7) is 12.9. The lowest BCUT2D eigenvalue weighted by atomic mass is 9.96. The van der Waals surface area contributed by atoms with Crippen molar-refractivity contribution in [2.75, 3.05) is 13.2 Å². The van der Waals surface area contributed by atoms with Crippen LogP contribution in [0, 0.1) is 6.92 Å². The van der Waals surface area contributed by atoms with Crippen molar-refractivity contribution in [3.63, 3.8) is 0 Å². The summed E-state index contributed by atoms with van der Waals surface area (Å²) >= 11 is 0. The molecular formula is C30H31N3O3. The van der Waals surface area contributed by atoms with E-state index in [9.17, 15) is 4.79 Å². The van der Waals surface area contributed by atoms with Gasteiger partial charge in [-0.1, -0.05) is 50.8 Å². The number of nitrogens with zero attached hydrogens (tertiary/aromatic N) is 3. The minimum absolute atomic E-state index is 0.230. The third kappa shape index (κ3) is 5.23. The SMILES string of the molecule is C=CCOc1cccc(C=Nn2c(-c3cc(C(C)C)c(OCC)cc3C)nc3ccccc3c2=O)c1. The number of hydrogen-bond donors (Lipinski definition) is 0. The number of para-hydroxylation sites is 1. The van der Waals surface area contributed by atoms with Crippen molar-refractivity contribution in [2.24, 2.45) is 5.10 Å². The first-order chi connectivity index (χ1) is 17.4. The molecule has 0 unspecified atom stereocenters. The Morgan fingerprint density at radius 2 is 1.89 bits per heavy atom. The quantitative estimate of drug-likeness (QED) is 0.207. The van der Waals surface area contributed by atoms with E-state index < -0.39 is 0 Å². The van der Waals surface area contributed by atoms with Crippen molar-refractivity contribution < 1.29 is 9.47 Å². The zero-order valence-electron chi connectivity index (χ0n) is 21.2. The molecule has 0 spiro atoms. The van der Waals surface area contributed by atoms with Gasteiger partial charge in [-0.05, 0) is 72.9 Å². The van der Waals surface area contributed by atoms with Crippen molar-refractivity contribution in [1.82, 2.24) is 9.66 Å². The molecular weight excluding hydrogens is 450 g/mol. The molecule has 6 heteroatoms. The van der Waals surface area contributed by atoms with Gasteiger partial charge in [0.25, 0.3) is 5.56 Å². The number of benzene rings is 3. The van der Waals surface area contributed by atoms with Crippen LogP contribution in [0.3, 0.4) is 0 Å². The standard InChI is InChI=1S/C30H31N3O3/c1-6-15-36-23-12-10-11-22(17-23)19-31-33-29(32-27-14-9-8-13-24(27)30(33)34)26-18-25(20(3)4)28(35-7-2)16-21(26)5/h6,8-14,16-20H,1,7,15H2,2-5H3. The van der Waals surface area contributed by atoms with Gasteiger partial charge in [0.1, 0.15) is 18.1 Å². The van der Waals surface area contributed by atoms with Crippen molar-refractivity contribution in [3.8, 4) is 22.9 Å². The topological polar surface area (TPSA) is 65.7 Å². The fraction of sp³-hybridized carbons (Fsp3) is 0.233. The molecule has 4 rings (SSSR count). The van der Waals surface area contributed by atoms with Crippen LogP contribution in [0.25, 0.3) is 22.3 Å². The first-order valence-electron chi connectivity index (χ1n) is 12.1. The second kappa shape index (κ2) is 11.0. The van der Waals surface area contributed by atoms with Crippen LogP contribution in [0.2, 0.25) is 0 Å². The van der Waals surface area contributed by atoms with Crippen LogP contribution in [-0.4, -0.2) is 29.1 Å². The molecule has 1 heterocycles. The van der Waals surface area contributed by atoms with E-state index in [0.29, 0.717) is 35.7 Å². The van der Waals surface area contributed by atoms with Gasteiger partial charge in [0.2, 0.25) is 0 Å². The minimum atomic E-state index is -0.231. The molecule has 0 N–H and O–H groups in total. The van der Waals surface area contributed by atoms with Gasteiger partial charge in [0.05, 0.1) is 23.7 Å². The minimum Gasteiger partial charge on any atom is -0.494 e. The van der Waals surface area contributed by atoms with E-state index in [4.69, 9.17) is 14.5 Å². The molecule has 0 saturated heterocycles. The summed E-state index contributed by atoms with van der Waals surface area (Å²) in [5, 5.41) is 5.12. The Bertz CT molecular complexity index is 1490. The highest BCUT2D eigenvalue weighted by Gasteiger charge is 2.18. The molecule has 6 nitrogen and oxygen atoms in total. The number of hydrogen-bond acceptors (Lipinski definition) is 5. The van der Waals surface area contributed by atoms with Crippen LogP contribution < -0.4 is 15.0 Å². The number of rotatable bonds is 9. The fourth-order valence-electron chi connectivity index (χ4n) is 4.04. The average Bonchev–Trinajstić information content (AvgIpc) is 2.87. The van der Waals surface area contributed by atoms with Gasteiger partial charge in [-0.25, -0.2) is 4.98 Å². The Balaban J connectivity index is 1.90. The van der Waals surface area contributed by atoms with Gasteiger partial charge in [-0.15, -0.1) is 0 Å². The van der Waals surface area contributed by atoms with Crippen molar-refractivity contribution in [2.45, 2.75) is 33.6 Å². The van der Waals surface area contributed by atoms with Crippen LogP contribution in [0.4, 0.5) is 0 Å². The Morgan fingerprint density at radius 3 is 2.64 bits per heavy atom. The highest BCUT2D eigenvalue weighted by molar-refractivity contribution is 5.82. The maximum absolute atomic E-state index is 13.6. The summed E-state index contributed by atoms with van der Waals surface area (Å²) in [5.74, 6) is 2.26. The van der Waals surface area contributed by atoms with Gasteiger partial charge < -0.3 is 9.47 Å². The van der Waals surface area contributed by atoms with E-state index in [1.165, 1.54) is 4.68 Å². The summed E-state index contributed by atoms with van der Waals surface area (Å²) < 4.78 is 12.9. The first-order valence-corrected chi connectivity index (χ1v) is 12.1. The molecule has 4 aromatic rings. The average molecular weight is 482 g/mol. The van der Waals surface area contributed by atoms with Crippen molar-refractivity contribution >= 4 is 17.1 Å². The van der Waals surface area contributed by atoms with E-state index in [2.05, 4.69) is 31.6 Å². The largest absolute Gasteiger partial charge is 0.494 e. The third-order valence-electron chi connectivity index (χ3n) is 5.82. The highest BCUT2D eigenvalue weighted by atomic mass is 16.5. The molecule has 0 aliphatic carbocycles. The number of aryl methyl sites for hydroxylation is 1. The van der Waals surface area contributed by atoms with E-state index in [1.807, 2.05) is 62.4 Å². The number of ether oxygens (including phenoxy) is 2. The second-order valence-electron chi connectivity index (χ2n) is 8.78. The van der Waals surface area contributed by atoms with Crippen LogP contribution in [0.15, 0.2) is 83.2 Å². The first kappa shape index (κ1) is 24.9. The molecule has 0 aliphatic rings. The summed E-state index contributed by atoms with van der Waals surface area (Å²) in [6.07, 6.45) is 3.34. The van der Waals surface area contributed by atoms with Gasteiger partial charge in [-0.2, -0.15) is 9.78 Å². The summed E-state index contributed by atoms with van der Waals surface area (Å²) in [4.78, 5) is 18.5. The van der Waals surface area contributed by atoms with E-state index in [-0.39, 0.29) is 11.5 Å². The lowest BCUT2D eigenvalue weighted by Gasteiger charge is -2.18. The zero-order valence-corrected chi connectivity index (χ0v) is 21.2. The molecule has 1 aromatic heterocycles. The van der Waals surface area contributed by atoms with E-state index in [1.54, 1.807) is 18.4 Å². The molecule has 0 fully saturated rings. The Hall–Kier alpha value is -4.19. The van der Waals surface area contributed by atoms with Gasteiger partial charge in [0, 0.05) is 5.56 Å². The maximum atomic E-state index is 13.6. The van der Waals surface area contributed by atoms with Crippen molar-refractivity contribution in [1.29, 1.82) is 0 Å². The lowest BCUT2D eigenvalue weighted by Crippen LogP contribution is -2.20. The third-order valence-corrected chi connectivity index (χ3v) is 5.82. The molecule has 184 valence electrons. The van der Waals surface area contributed by atoms with Crippen LogP contribution >= 0.6 is 0 Å². The van der Waals surface area contributed by atoms with Crippen LogP contribution in [0.5, 0.6) is 11.5 Å². The molecule has 0 aliphatic heterocycles. The fourth-order valence-corrected chi connectivity index (χ4v) is 4.04. The molecule has 0 saturated carbocycles. The monoisotopic (exact) mass is 481 g/mol. The van der Waals surface area contributed by atoms with Crippen LogP contribution in [0.1, 0.15) is 43.4 Å². The van der Waals surface area contributed by atoms with E-state index in [0.717, 1.165) is 28.0 Å². The van der Waals surface area contributed by atoms with Gasteiger partial charge >= 0.3 is 0 Å². The summed E-state index contributed by atoms with van der Waals surface area (Å²) in [5.41, 5.74) is 4.05. The normalized spacial score (nSPS) is 11.4. The lowest BCUT2D eigenvalue weighted by molar-refractivity contribution is 0.335. The molecule has 0 atom stereocenters. The van der Waals surface area contributed by atoms with Gasteiger partial charge in [-0.3, -0.25) is 4.79 Å². The van der Waals surface area contributed by atoms with Crippen molar-refractivity contribution in [3.05, 3.63) is 100 Å². The smallest absolute Gasteiger partial charge is 0.282 e. The zero-order chi connectivity index (χ0) is 25.7. The Morgan fingerprint density at radius 1 is 1.08 bits per heavy atom.